The number of ketones is 2. The summed E-state index contributed by atoms with van der Waals surface area (Å²) in [6.45, 7) is 1.96. The molecule has 0 spiro atoms. The first-order chi connectivity index (χ1) is 9.66. The largest absolute Gasteiger partial charge is 0.295 e. The number of allylic oxidation sites excluding steroid dienone is 1. The van der Waals surface area contributed by atoms with Crippen molar-refractivity contribution in [2.75, 3.05) is 0 Å². The van der Waals surface area contributed by atoms with Crippen LogP contribution in [0.1, 0.15) is 31.7 Å². The van der Waals surface area contributed by atoms with Gasteiger partial charge >= 0.3 is 0 Å². The van der Waals surface area contributed by atoms with Crippen LogP contribution in [0.5, 0.6) is 0 Å². The fraction of sp³-hybridized carbons (Fsp3) is 0.333. The second-order valence-corrected chi connectivity index (χ2v) is 5.20. The smallest absolute Gasteiger partial charge is 0.205 e. The monoisotopic (exact) mass is 266 g/mol. The van der Waals surface area contributed by atoms with Gasteiger partial charge in [-0.1, -0.05) is 49.3 Å². The van der Waals surface area contributed by atoms with Crippen molar-refractivity contribution in [1.29, 1.82) is 0 Å². The molecule has 0 radical (unpaired) electrons. The van der Waals surface area contributed by atoms with Crippen LogP contribution in [0.15, 0.2) is 36.4 Å². The third-order valence-corrected chi connectivity index (χ3v) is 3.61. The first kappa shape index (κ1) is 14.3. The zero-order valence-corrected chi connectivity index (χ0v) is 11.6. The molecule has 1 aromatic rings. The molecular weight excluding hydrogens is 248 g/mol. The van der Waals surface area contributed by atoms with Gasteiger partial charge in [0.05, 0.1) is 0 Å². The van der Waals surface area contributed by atoms with Gasteiger partial charge < -0.3 is 0 Å². The van der Waals surface area contributed by atoms with Crippen LogP contribution in [0.25, 0.3) is 6.08 Å². The van der Waals surface area contributed by atoms with Crippen molar-refractivity contribution < 1.29 is 9.59 Å². The molecule has 0 aliphatic heterocycles. The number of Topliss-reactive ketones (excluding diaryl/α,β-unsaturated/α-hetero) is 1. The Kier molecular flexibility index (Phi) is 4.90. The molecule has 0 N–H and O–H groups in total. The summed E-state index contributed by atoms with van der Waals surface area (Å²) in [6.07, 6.45) is 5.20. The zero-order chi connectivity index (χ0) is 14.4. The van der Waals surface area contributed by atoms with Gasteiger partial charge in [-0.2, -0.15) is 0 Å². The molecule has 1 aliphatic carbocycles. The van der Waals surface area contributed by atoms with Gasteiger partial charge in [0.15, 0.2) is 5.78 Å². The molecule has 2 rings (SSSR count). The lowest BCUT2D eigenvalue weighted by Crippen LogP contribution is -2.23. The van der Waals surface area contributed by atoms with Crippen LogP contribution in [0, 0.1) is 23.7 Å². The standard InChI is InChI=1S/C18H18O2/c1-14-13-16(19)9-5-6-10-17(14)18(20)12-11-15-7-3-2-4-8-15/h2-4,7-8,11-12,14,17H,6,10,13H2,1H3/b12-11+. The molecule has 2 heteroatoms. The molecule has 0 fully saturated rings. The Labute approximate surface area is 119 Å². The first-order valence-electron chi connectivity index (χ1n) is 6.95. The molecule has 2 unspecified atom stereocenters. The lowest BCUT2D eigenvalue weighted by molar-refractivity contribution is -0.121. The van der Waals surface area contributed by atoms with Gasteiger partial charge in [-0.15, -0.1) is 0 Å². The van der Waals surface area contributed by atoms with Gasteiger partial charge in [-0.05, 0) is 29.9 Å². The molecule has 0 saturated heterocycles. The summed E-state index contributed by atoms with van der Waals surface area (Å²) in [7, 11) is 0. The topological polar surface area (TPSA) is 34.1 Å². The summed E-state index contributed by atoms with van der Waals surface area (Å²) in [5.74, 6) is 5.45. The van der Waals surface area contributed by atoms with Gasteiger partial charge in [-0.25, -0.2) is 0 Å². The van der Waals surface area contributed by atoms with Crippen molar-refractivity contribution in [3.63, 3.8) is 0 Å². The SMILES string of the molecule is CC1CC(=O)C#CCCC1C(=O)/C=C/c1ccccc1. The molecule has 0 amide bonds. The van der Waals surface area contributed by atoms with E-state index in [1.54, 1.807) is 6.08 Å². The molecule has 1 aliphatic rings. The van der Waals surface area contributed by atoms with E-state index in [-0.39, 0.29) is 23.4 Å². The summed E-state index contributed by atoms with van der Waals surface area (Å²) in [5.41, 5.74) is 1.01. The predicted octanol–water partition coefficient (Wildman–Crippen LogP) is 3.28. The second-order valence-electron chi connectivity index (χ2n) is 5.20. The van der Waals surface area contributed by atoms with Gasteiger partial charge in [0.25, 0.3) is 0 Å². The van der Waals surface area contributed by atoms with Gasteiger partial charge in [-0.3, -0.25) is 9.59 Å². The molecule has 0 saturated carbocycles. The third-order valence-electron chi connectivity index (χ3n) is 3.61. The van der Waals surface area contributed by atoms with Crippen LogP contribution in [0.2, 0.25) is 0 Å². The number of carbonyl (C=O) groups excluding carboxylic acids is 2. The van der Waals surface area contributed by atoms with Crippen LogP contribution in [-0.2, 0) is 9.59 Å². The second kappa shape index (κ2) is 6.86. The molecule has 0 bridgehead atoms. The quantitative estimate of drug-likeness (QED) is 0.478. The summed E-state index contributed by atoms with van der Waals surface area (Å²) >= 11 is 0. The van der Waals surface area contributed by atoms with E-state index in [1.807, 2.05) is 43.3 Å². The van der Waals surface area contributed by atoms with Crippen molar-refractivity contribution in [3.8, 4) is 11.8 Å². The Morgan fingerprint density at radius 1 is 1.30 bits per heavy atom. The summed E-state index contributed by atoms with van der Waals surface area (Å²) in [6, 6.07) is 9.74. The highest BCUT2D eigenvalue weighted by Crippen LogP contribution is 2.24. The van der Waals surface area contributed by atoms with Crippen LogP contribution in [-0.4, -0.2) is 11.6 Å². The van der Waals surface area contributed by atoms with E-state index in [9.17, 15) is 9.59 Å². The zero-order valence-electron chi connectivity index (χ0n) is 11.6. The van der Waals surface area contributed by atoms with Crippen LogP contribution in [0.3, 0.4) is 0 Å². The van der Waals surface area contributed by atoms with Gasteiger partial charge in [0, 0.05) is 18.8 Å². The fourth-order valence-corrected chi connectivity index (χ4v) is 2.45. The summed E-state index contributed by atoms with van der Waals surface area (Å²) in [5, 5.41) is 0. The van der Waals surface area contributed by atoms with E-state index in [1.165, 1.54) is 0 Å². The van der Waals surface area contributed by atoms with E-state index < -0.39 is 0 Å². The van der Waals surface area contributed by atoms with E-state index in [0.717, 1.165) is 12.0 Å². The Morgan fingerprint density at radius 3 is 2.80 bits per heavy atom. The fourth-order valence-electron chi connectivity index (χ4n) is 2.45. The predicted molar refractivity (Wildman–Crippen MR) is 79.8 cm³/mol. The summed E-state index contributed by atoms with van der Waals surface area (Å²) < 4.78 is 0. The minimum Gasteiger partial charge on any atom is -0.295 e. The van der Waals surface area contributed by atoms with Crippen LogP contribution >= 0.6 is 0 Å². The number of benzene rings is 1. The Bertz CT molecular complexity index is 572. The molecule has 2 atom stereocenters. The molecule has 2 nitrogen and oxygen atoms in total. The average Bonchev–Trinajstić information content (AvgIpc) is 2.44. The van der Waals surface area contributed by atoms with E-state index >= 15 is 0 Å². The van der Waals surface area contributed by atoms with Crippen molar-refractivity contribution in [1.82, 2.24) is 0 Å². The molecule has 0 aromatic heterocycles. The van der Waals surface area contributed by atoms with Crippen LogP contribution in [0.4, 0.5) is 0 Å². The molecule has 20 heavy (non-hydrogen) atoms. The minimum absolute atomic E-state index is 0.0537. The van der Waals surface area contributed by atoms with E-state index in [0.29, 0.717) is 12.8 Å². The van der Waals surface area contributed by atoms with Crippen molar-refractivity contribution >= 4 is 17.6 Å². The molecule has 102 valence electrons. The van der Waals surface area contributed by atoms with E-state index in [4.69, 9.17) is 0 Å². The maximum absolute atomic E-state index is 12.3. The molecule has 1 aromatic carbocycles. The number of rotatable bonds is 3. The Hall–Kier alpha value is -2.14. The minimum atomic E-state index is -0.103. The third kappa shape index (κ3) is 3.93. The highest BCUT2D eigenvalue weighted by molar-refractivity contribution is 5.98. The van der Waals surface area contributed by atoms with Crippen molar-refractivity contribution in [3.05, 3.63) is 42.0 Å². The number of hydrogen-bond acceptors (Lipinski definition) is 2. The van der Waals surface area contributed by atoms with Crippen molar-refractivity contribution in [2.24, 2.45) is 11.8 Å². The lowest BCUT2D eigenvalue weighted by atomic mass is 9.82. The highest BCUT2D eigenvalue weighted by atomic mass is 16.1. The molecular formula is C18H18O2. The Balaban J connectivity index is 2.06. The molecule has 0 heterocycles. The van der Waals surface area contributed by atoms with Gasteiger partial charge in [0.1, 0.15) is 0 Å². The van der Waals surface area contributed by atoms with Crippen LogP contribution < -0.4 is 0 Å². The maximum atomic E-state index is 12.3. The van der Waals surface area contributed by atoms with Crippen molar-refractivity contribution in [2.45, 2.75) is 26.2 Å². The first-order valence-corrected chi connectivity index (χ1v) is 6.95. The highest BCUT2D eigenvalue weighted by Gasteiger charge is 2.25. The summed E-state index contributed by atoms with van der Waals surface area (Å²) in [4.78, 5) is 23.8. The maximum Gasteiger partial charge on any atom is 0.205 e. The average molecular weight is 266 g/mol. The van der Waals surface area contributed by atoms with E-state index in [2.05, 4.69) is 11.8 Å². The lowest BCUT2D eigenvalue weighted by Gasteiger charge is -2.20. The number of hydrogen-bond donors (Lipinski definition) is 0. The number of carbonyl (C=O) groups is 2. The normalized spacial score (nSPS) is 22.8. The Morgan fingerprint density at radius 2 is 2.05 bits per heavy atom. The van der Waals surface area contributed by atoms with Gasteiger partial charge in [0.2, 0.25) is 5.78 Å².